The number of benzene rings is 1. The second-order valence-corrected chi connectivity index (χ2v) is 5.57. The minimum absolute atomic E-state index is 0.339. The lowest BCUT2D eigenvalue weighted by molar-refractivity contribution is 0.875. The van der Waals surface area contributed by atoms with E-state index in [1.165, 1.54) is 11.8 Å². The van der Waals surface area contributed by atoms with Crippen LogP contribution in [-0.2, 0) is 6.42 Å². The lowest BCUT2D eigenvalue weighted by Gasteiger charge is -2.08. The molecule has 0 aliphatic rings. The van der Waals surface area contributed by atoms with Crippen LogP contribution in [0.2, 0.25) is 5.02 Å². The first-order chi connectivity index (χ1) is 9.01. The van der Waals surface area contributed by atoms with Crippen molar-refractivity contribution in [2.24, 2.45) is 0 Å². The molecule has 0 atom stereocenters. The molecule has 19 heavy (non-hydrogen) atoms. The summed E-state index contributed by atoms with van der Waals surface area (Å²) >= 11 is 7.31. The van der Waals surface area contributed by atoms with Crippen molar-refractivity contribution in [3.63, 3.8) is 0 Å². The Kier molecular flexibility index (Phi) is 4.17. The fraction of sp³-hybridized carbons (Fsp3) is 0.231. The van der Waals surface area contributed by atoms with Gasteiger partial charge in [0.2, 0.25) is 0 Å². The molecule has 0 amide bonds. The highest BCUT2D eigenvalue weighted by atomic mass is 35.5. The summed E-state index contributed by atoms with van der Waals surface area (Å²) in [6.45, 7) is 3.83. The van der Waals surface area contributed by atoms with Crippen molar-refractivity contribution in [1.82, 2.24) is 9.97 Å². The van der Waals surface area contributed by atoms with Gasteiger partial charge in [-0.05, 0) is 31.0 Å². The smallest absolute Gasteiger partial charge is 0.301 e. The van der Waals surface area contributed by atoms with E-state index in [2.05, 4.69) is 9.97 Å². The number of halogens is 1. The summed E-state index contributed by atoms with van der Waals surface area (Å²) < 4.78 is 0. The summed E-state index contributed by atoms with van der Waals surface area (Å²) in [5.41, 5.74) is 0.777. The molecule has 0 aliphatic heterocycles. The molecule has 0 spiro atoms. The van der Waals surface area contributed by atoms with Crippen molar-refractivity contribution in [1.29, 1.82) is 0 Å². The summed E-state index contributed by atoms with van der Waals surface area (Å²) in [6, 6.07) is 5.53. The number of aromatic nitrogens is 2. The Balaban J connectivity index is 2.51. The van der Waals surface area contributed by atoms with Gasteiger partial charge in [-0.1, -0.05) is 36.4 Å². The molecule has 1 heterocycles. The van der Waals surface area contributed by atoms with Gasteiger partial charge in [-0.2, -0.15) is 0 Å². The molecule has 1 aromatic heterocycles. The molecule has 1 aromatic carbocycles. The highest BCUT2D eigenvalue weighted by Crippen LogP contribution is 2.31. The molecule has 4 nitrogen and oxygen atoms in total. The number of H-pyrrole nitrogens is 2. The minimum atomic E-state index is -0.496. The van der Waals surface area contributed by atoms with Gasteiger partial charge in [-0.3, -0.25) is 9.78 Å². The third kappa shape index (κ3) is 3.11. The predicted molar refractivity (Wildman–Crippen MR) is 77.4 cm³/mol. The normalized spacial score (nSPS) is 10.7. The fourth-order valence-electron chi connectivity index (χ4n) is 1.69. The first kappa shape index (κ1) is 14.0. The van der Waals surface area contributed by atoms with Crippen LogP contribution < -0.4 is 11.2 Å². The molecule has 6 heteroatoms. The van der Waals surface area contributed by atoms with Crippen molar-refractivity contribution < 1.29 is 0 Å². The van der Waals surface area contributed by atoms with Crippen LogP contribution in [0.4, 0.5) is 0 Å². The molecule has 0 bridgehead atoms. The predicted octanol–water partition coefficient (Wildman–Crippen LogP) is 2.74. The molecular formula is C13H13ClN2O2S. The van der Waals surface area contributed by atoms with Gasteiger partial charge >= 0.3 is 5.69 Å². The third-order valence-electron chi connectivity index (χ3n) is 2.72. The van der Waals surface area contributed by atoms with E-state index in [0.717, 1.165) is 10.5 Å². The third-order valence-corrected chi connectivity index (χ3v) is 4.17. The molecule has 0 radical (unpaired) electrons. The second kappa shape index (κ2) is 5.67. The monoisotopic (exact) mass is 296 g/mol. The van der Waals surface area contributed by atoms with Gasteiger partial charge in [0.1, 0.15) is 0 Å². The molecule has 0 aliphatic carbocycles. The number of hydrogen-bond acceptors (Lipinski definition) is 3. The number of nitrogens with one attached hydrogen (secondary N) is 2. The quantitative estimate of drug-likeness (QED) is 0.856. The van der Waals surface area contributed by atoms with Crippen LogP contribution in [0.5, 0.6) is 0 Å². The standard InChI is InChI=1S/C13H13ClN2O2S/c1-3-9-11(17)15-13(18)16-12(9)19-10-6-8(14)5-4-7(10)2/h4-6H,3H2,1-2H3,(H2,15,16,17,18). The van der Waals surface area contributed by atoms with E-state index in [0.29, 0.717) is 22.0 Å². The summed E-state index contributed by atoms with van der Waals surface area (Å²) in [5, 5.41) is 1.19. The zero-order valence-corrected chi connectivity index (χ0v) is 12.1. The summed E-state index contributed by atoms with van der Waals surface area (Å²) in [5.74, 6) is 0. The average Bonchev–Trinajstić information content (AvgIpc) is 2.33. The number of aromatic amines is 2. The van der Waals surface area contributed by atoms with Gasteiger partial charge in [-0.15, -0.1) is 0 Å². The van der Waals surface area contributed by atoms with Gasteiger partial charge in [0.05, 0.1) is 5.03 Å². The Morgan fingerprint density at radius 3 is 2.68 bits per heavy atom. The Hall–Kier alpha value is -1.46. The van der Waals surface area contributed by atoms with E-state index in [4.69, 9.17) is 11.6 Å². The summed E-state index contributed by atoms with van der Waals surface area (Å²) in [6.07, 6.45) is 0.550. The summed E-state index contributed by atoms with van der Waals surface area (Å²) in [4.78, 5) is 28.9. The van der Waals surface area contributed by atoms with Crippen LogP contribution in [0, 0.1) is 6.92 Å². The first-order valence-electron chi connectivity index (χ1n) is 5.80. The zero-order chi connectivity index (χ0) is 14.0. The van der Waals surface area contributed by atoms with Crippen LogP contribution in [0.15, 0.2) is 37.7 Å². The average molecular weight is 297 g/mol. The maximum absolute atomic E-state index is 11.7. The van der Waals surface area contributed by atoms with Gasteiger partial charge in [0.25, 0.3) is 5.56 Å². The Morgan fingerprint density at radius 2 is 2.00 bits per heavy atom. The van der Waals surface area contributed by atoms with Crippen molar-refractivity contribution in [3.05, 3.63) is 55.2 Å². The molecule has 0 saturated heterocycles. The molecule has 0 fully saturated rings. The SMILES string of the molecule is CCc1c(Sc2cc(Cl)ccc2C)[nH]c(=O)[nH]c1=O. The van der Waals surface area contributed by atoms with Crippen LogP contribution in [0.1, 0.15) is 18.1 Å². The number of rotatable bonds is 3. The minimum Gasteiger partial charge on any atom is -0.301 e. The van der Waals surface area contributed by atoms with E-state index < -0.39 is 5.69 Å². The van der Waals surface area contributed by atoms with Crippen LogP contribution in [0.3, 0.4) is 0 Å². The molecule has 2 N–H and O–H groups in total. The van der Waals surface area contributed by atoms with Crippen LogP contribution in [0.25, 0.3) is 0 Å². The van der Waals surface area contributed by atoms with Crippen LogP contribution >= 0.6 is 23.4 Å². The molecule has 100 valence electrons. The Bertz CT molecular complexity index is 721. The topological polar surface area (TPSA) is 65.7 Å². The van der Waals surface area contributed by atoms with E-state index >= 15 is 0 Å². The highest BCUT2D eigenvalue weighted by Gasteiger charge is 2.10. The molecule has 2 rings (SSSR count). The largest absolute Gasteiger partial charge is 0.326 e. The lowest BCUT2D eigenvalue weighted by Crippen LogP contribution is -2.26. The van der Waals surface area contributed by atoms with Gasteiger partial charge < -0.3 is 4.98 Å². The Morgan fingerprint density at radius 1 is 1.26 bits per heavy atom. The maximum atomic E-state index is 11.7. The molecule has 0 saturated carbocycles. The lowest BCUT2D eigenvalue weighted by atomic mass is 10.2. The van der Waals surface area contributed by atoms with Gasteiger partial charge in [0.15, 0.2) is 0 Å². The second-order valence-electron chi connectivity index (χ2n) is 4.08. The van der Waals surface area contributed by atoms with Gasteiger partial charge in [-0.25, -0.2) is 4.79 Å². The first-order valence-corrected chi connectivity index (χ1v) is 7.00. The van der Waals surface area contributed by atoms with E-state index in [1.54, 1.807) is 0 Å². The van der Waals surface area contributed by atoms with E-state index in [1.807, 2.05) is 32.0 Å². The van der Waals surface area contributed by atoms with E-state index in [-0.39, 0.29) is 5.56 Å². The van der Waals surface area contributed by atoms with Crippen molar-refractivity contribution >= 4 is 23.4 Å². The van der Waals surface area contributed by atoms with Crippen molar-refractivity contribution in [2.75, 3.05) is 0 Å². The molecule has 2 aromatic rings. The fourth-order valence-corrected chi connectivity index (χ4v) is 3.07. The van der Waals surface area contributed by atoms with E-state index in [9.17, 15) is 9.59 Å². The molecule has 0 unspecified atom stereocenters. The van der Waals surface area contributed by atoms with Crippen LogP contribution in [-0.4, -0.2) is 9.97 Å². The molecular weight excluding hydrogens is 284 g/mol. The summed E-state index contributed by atoms with van der Waals surface area (Å²) in [7, 11) is 0. The highest BCUT2D eigenvalue weighted by molar-refractivity contribution is 7.99. The van der Waals surface area contributed by atoms with Crippen molar-refractivity contribution in [2.45, 2.75) is 30.2 Å². The van der Waals surface area contributed by atoms with Gasteiger partial charge in [0, 0.05) is 15.5 Å². The zero-order valence-electron chi connectivity index (χ0n) is 10.5. The van der Waals surface area contributed by atoms with Crippen molar-refractivity contribution in [3.8, 4) is 0 Å². The maximum Gasteiger partial charge on any atom is 0.326 e. The Labute approximate surface area is 119 Å². The number of aryl methyl sites for hydroxylation is 1. The number of hydrogen-bond donors (Lipinski definition) is 2.